The maximum absolute atomic E-state index is 14.3. The lowest BCUT2D eigenvalue weighted by molar-refractivity contribution is 0.102. The number of carbonyl (C=O) groups is 1. The number of nitrogens with zero attached hydrogens (tertiary/aromatic N) is 1. The summed E-state index contributed by atoms with van der Waals surface area (Å²) < 4.78 is 40.9. The molecule has 0 bridgehead atoms. The number of hydrogen-bond acceptors (Lipinski definition) is 3. The molecule has 5 nitrogen and oxygen atoms in total. The van der Waals surface area contributed by atoms with Gasteiger partial charge in [0.1, 0.15) is 5.82 Å². The summed E-state index contributed by atoms with van der Waals surface area (Å²) in [6.07, 6.45) is 0.705. The number of para-hydroxylation sites is 1. The van der Waals surface area contributed by atoms with Gasteiger partial charge in [-0.2, -0.15) is 4.31 Å². The van der Waals surface area contributed by atoms with Crippen molar-refractivity contribution < 1.29 is 17.6 Å². The maximum Gasteiger partial charge on any atom is 0.258 e. The zero-order chi connectivity index (χ0) is 20.2. The molecule has 0 aliphatic carbocycles. The molecule has 27 heavy (non-hydrogen) atoms. The number of amides is 1. The van der Waals surface area contributed by atoms with Crippen molar-refractivity contribution in [2.45, 2.75) is 39.0 Å². The number of anilines is 1. The molecule has 0 saturated carbocycles. The third-order valence-corrected chi connectivity index (χ3v) is 6.55. The van der Waals surface area contributed by atoms with Gasteiger partial charge in [0.05, 0.1) is 10.5 Å². The molecule has 0 unspecified atom stereocenters. The van der Waals surface area contributed by atoms with Gasteiger partial charge in [-0.3, -0.25) is 4.79 Å². The monoisotopic (exact) mass is 392 g/mol. The molecule has 2 rings (SSSR count). The minimum atomic E-state index is -3.78. The summed E-state index contributed by atoms with van der Waals surface area (Å²) in [5, 5.41) is 2.74. The van der Waals surface area contributed by atoms with E-state index in [1.807, 2.05) is 32.0 Å². The molecule has 0 spiro atoms. The van der Waals surface area contributed by atoms with Crippen LogP contribution in [0, 0.1) is 12.7 Å². The number of rotatable bonds is 7. The van der Waals surface area contributed by atoms with Gasteiger partial charge >= 0.3 is 0 Å². The van der Waals surface area contributed by atoms with Crippen LogP contribution in [0.4, 0.5) is 10.1 Å². The second kappa shape index (κ2) is 8.63. The zero-order valence-corrected chi connectivity index (χ0v) is 16.9. The van der Waals surface area contributed by atoms with Gasteiger partial charge in [-0.1, -0.05) is 39.0 Å². The molecule has 2 aromatic carbocycles. The minimum Gasteiger partial charge on any atom is -0.321 e. The van der Waals surface area contributed by atoms with Crippen molar-refractivity contribution in [2.75, 3.05) is 18.4 Å². The molecule has 1 amide bonds. The molecule has 7 heteroatoms. The number of sulfonamides is 1. The van der Waals surface area contributed by atoms with Crippen LogP contribution in [-0.2, 0) is 16.4 Å². The van der Waals surface area contributed by atoms with Crippen LogP contribution in [0.3, 0.4) is 0 Å². The zero-order valence-electron chi connectivity index (χ0n) is 16.0. The van der Waals surface area contributed by atoms with Crippen LogP contribution in [0.2, 0.25) is 0 Å². The van der Waals surface area contributed by atoms with Crippen LogP contribution in [0.15, 0.2) is 41.3 Å². The highest BCUT2D eigenvalue weighted by Gasteiger charge is 2.24. The van der Waals surface area contributed by atoms with Gasteiger partial charge in [0.25, 0.3) is 5.91 Å². The van der Waals surface area contributed by atoms with E-state index in [1.54, 1.807) is 13.8 Å². The van der Waals surface area contributed by atoms with Crippen LogP contribution < -0.4 is 5.32 Å². The molecule has 0 saturated heterocycles. The first-order valence-corrected chi connectivity index (χ1v) is 10.4. The Morgan fingerprint density at radius 3 is 2.37 bits per heavy atom. The van der Waals surface area contributed by atoms with Crippen LogP contribution in [0.5, 0.6) is 0 Å². The number of carbonyl (C=O) groups excluding carboxylic acids is 1. The summed E-state index contributed by atoms with van der Waals surface area (Å²) in [4.78, 5) is 12.6. The third-order valence-electron chi connectivity index (χ3n) is 4.50. The number of benzene rings is 2. The van der Waals surface area contributed by atoms with Crippen LogP contribution in [0.25, 0.3) is 0 Å². The van der Waals surface area contributed by atoms with E-state index >= 15 is 0 Å². The lowest BCUT2D eigenvalue weighted by atomic mass is 10.1. The van der Waals surface area contributed by atoms with E-state index in [2.05, 4.69) is 5.32 Å². The third kappa shape index (κ3) is 4.36. The predicted molar refractivity (Wildman–Crippen MR) is 105 cm³/mol. The predicted octanol–water partition coefficient (Wildman–Crippen LogP) is 3.98. The summed E-state index contributed by atoms with van der Waals surface area (Å²) in [6.45, 7) is 7.85. The Bertz CT molecular complexity index is 938. The lowest BCUT2D eigenvalue weighted by Gasteiger charge is -2.19. The Balaban J connectivity index is 2.44. The van der Waals surface area contributed by atoms with E-state index in [9.17, 15) is 17.6 Å². The first-order valence-electron chi connectivity index (χ1n) is 8.95. The molecule has 0 aliphatic heterocycles. The average Bonchev–Trinajstić information content (AvgIpc) is 2.64. The van der Waals surface area contributed by atoms with E-state index in [-0.39, 0.29) is 10.5 Å². The molecule has 0 radical (unpaired) electrons. The smallest absolute Gasteiger partial charge is 0.258 e. The van der Waals surface area contributed by atoms with Crippen LogP contribution >= 0.6 is 0 Å². The summed E-state index contributed by atoms with van der Waals surface area (Å²) in [5.41, 5.74) is 2.11. The number of nitrogens with one attached hydrogen (secondary N) is 1. The summed E-state index contributed by atoms with van der Waals surface area (Å²) >= 11 is 0. The van der Waals surface area contributed by atoms with E-state index < -0.39 is 21.7 Å². The first-order chi connectivity index (χ1) is 12.8. The largest absolute Gasteiger partial charge is 0.321 e. The number of aryl methyl sites for hydroxylation is 2. The van der Waals surface area contributed by atoms with Crippen molar-refractivity contribution in [1.29, 1.82) is 0 Å². The average molecular weight is 392 g/mol. The summed E-state index contributed by atoms with van der Waals surface area (Å²) in [7, 11) is -3.78. The van der Waals surface area contributed by atoms with E-state index in [0.717, 1.165) is 23.3 Å². The molecular formula is C20H25FN2O3S. The number of hydrogen-bond donors (Lipinski definition) is 1. The summed E-state index contributed by atoms with van der Waals surface area (Å²) in [6, 6.07) is 8.94. The van der Waals surface area contributed by atoms with Gasteiger partial charge in [-0.15, -0.1) is 0 Å². The highest BCUT2D eigenvalue weighted by molar-refractivity contribution is 7.89. The molecule has 2 aromatic rings. The fourth-order valence-corrected chi connectivity index (χ4v) is 4.42. The molecule has 1 N–H and O–H groups in total. The van der Waals surface area contributed by atoms with Crippen LogP contribution in [0.1, 0.15) is 42.3 Å². The fourth-order valence-electron chi connectivity index (χ4n) is 2.93. The van der Waals surface area contributed by atoms with Crippen LogP contribution in [-0.4, -0.2) is 31.7 Å². The van der Waals surface area contributed by atoms with Gasteiger partial charge < -0.3 is 5.32 Å². The second-order valence-corrected chi connectivity index (χ2v) is 8.09. The molecule has 0 aliphatic rings. The second-order valence-electron chi connectivity index (χ2n) is 6.15. The van der Waals surface area contributed by atoms with E-state index in [4.69, 9.17) is 0 Å². The van der Waals surface area contributed by atoms with Crippen molar-refractivity contribution in [1.82, 2.24) is 4.31 Å². The van der Waals surface area contributed by atoms with Gasteiger partial charge in [0, 0.05) is 18.8 Å². The van der Waals surface area contributed by atoms with Crippen molar-refractivity contribution in [3.8, 4) is 0 Å². The Kier molecular flexibility index (Phi) is 6.73. The molecule has 0 heterocycles. The Morgan fingerprint density at radius 2 is 1.78 bits per heavy atom. The van der Waals surface area contributed by atoms with Crippen molar-refractivity contribution in [3.63, 3.8) is 0 Å². The topological polar surface area (TPSA) is 66.5 Å². The van der Waals surface area contributed by atoms with Gasteiger partial charge in [-0.25, -0.2) is 12.8 Å². The van der Waals surface area contributed by atoms with E-state index in [0.29, 0.717) is 25.2 Å². The highest BCUT2D eigenvalue weighted by Crippen LogP contribution is 2.24. The first kappa shape index (κ1) is 21.1. The lowest BCUT2D eigenvalue weighted by Crippen LogP contribution is -2.31. The molecule has 146 valence electrons. The molecular weight excluding hydrogens is 367 g/mol. The van der Waals surface area contributed by atoms with Gasteiger partial charge in [-0.05, 0) is 42.7 Å². The molecule has 0 fully saturated rings. The normalized spacial score (nSPS) is 11.6. The summed E-state index contributed by atoms with van der Waals surface area (Å²) in [5.74, 6) is -1.44. The van der Waals surface area contributed by atoms with Crippen molar-refractivity contribution >= 4 is 21.6 Å². The van der Waals surface area contributed by atoms with E-state index in [1.165, 1.54) is 10.4 Å². The Labute approximate surface area is 160 Å². The Hall–Kier alpha value is -2.25. The SMILES string of the molecule is CCc1cccc(C)c1NC(=O)c1cc(S(=O)(=O)N(CC)CC)ccc1F. The standard InChI is InChI=1S/C20H25FN2O3S/c1-5-15-10-8-9-14(4)19(15)22-20(24)17-13-16(11-12-18(17)21)27(25,26)23(6-2)7-3/h8-13H,5-7H2,1-4H3,(H,22,24). The quantitative estimate of drug-likeness (QED) is 0.775. The van der Waals surface area contributed by atoms with Crippen molar-refractivity contribution in [2.24, 2.45) is 0 Å². The highest BCUT2D eigenvalue weighted by atomic mass is 32.2. The molecule has 0 aromatic heterocycles. The fraction of sp³-hybridized carbons (Fsp3) is 0.350. The van der Waals surface area contributed by atoms with Crippen molar-refractivity contribution in [3.05, 3.63) is 58.9 Å². The Morgan fingerprint density at radius 1 is 1.11 bits per heavy atom. The molecule has 0 atom stereocenters. The van der Waals surface area contributed by atoms with Gasteiger partial charge in [0.15, 0.2) is 0 Å². The van der Waals surface area contributed by atoms with Gasteiger partial charge in [0.2, 0.25) is 10.0 Å². The maximum atomic E-state index is 14.3. The number of halogens is 1. The minimum absolute atomic E-state index is 0.0988.